The van der Waals surface area contributed by atoms with E-state index < -0.39 is 62.4 Å². The van der Waals surface area contributed by atoms with E-state index in [0.29, 0.717) is 11.4 Å². The Kier molecular flexibility index (Phi) is 12.7. The molecular weight excluding hydrogens is 500 g/mol. The number of carbonyl (C=O) groups is 2. The van der Waals surface area contributed by atoms with Crippen molar-refractivity contribution in [2.45, 2.75) is 24.4 Å². The number of rotatable bonds is 17. The molecule has 0 amide bonds. The number of Topliss-reactive ketones (excluding diaryl/α,β-unsaturated/α-hetero) is 2. The van der Waals surface area contributed by atoms with Crippen LogP contribution >= 0.6 is 0 Å². The summed E-state index contributed by atoms with van der Waals surface area (Å²) in [5.74, 6) is -1.55. The lowest BCUT2D eigenvalue weighted by molar-refractivity contribution is 0.0816. The van der Waals surface area contributed by atoms with Crippen molar-refractivity contribution in [3.63, 3.8) is 0 Å². The Labute approximate surface area is 220 Å². The Balaban J connectivity index is 2.17. The predicted molar refractivity (Wildman–Crippen MR) is 138 cm³/mol. The Morgan fingerprint density at radius 1 is 0.500 bits per heavy atom. The molecule has 0 spiro atoms. The monoisotopic (exact) mass is 536 g/mol. The maximum absolute atomic E-state index is 12.8. The number of hydrogen-bond acceptors (Lipinski definition) is 12. The fourth-order valence-electron chi connectivity index (χ4n) is 3.73. The van der Waals surface area contributed by atoms with Crippen molar-refractivity contribution in [2.75, 3.05) is 62.4 Å². The van der Waals surface area contributed by atoms with Crippen molar-refractivity contribution >= 4 is 22.9 Å². The van der Waals surface area contributed by atoms with Gasteiger partial charge in [0.1, 0.15) is 0 Å². The molecule has 0 heterocycles. The third kappa shape index (κ3) is 9.11. The van der Waals surface area contributed by atoms with Gasteiger partial charge in [-0.05, 0) is 48.5 Å². The van der Waals surface area contributed by atoms with Crippen molar-refractivity contribution in [1.29, 1.82) is 0 Å². The topological polar surface area (TPSA) is 202 Å². The zero-order valence-corrected chi connectivity index (χ0v) is 20.9. The molecule has 0 aliphatic heterocycles. The van der Waals surface area contributed by atoms with Crippen LogP contribution in [-0.4, -0.2) is 129 Å². The molecular formula is C26H36N2O10. The predicted octanol–water partition coefficient (Wildman–Crippen LogP) is -2.22. The van der Waals surface area contributed by atoms with Gasteiger partial charge in [-0.15, -0.1) is 0 Å². The van der Waals surface area contributed by atoms with Gasteiger partial charge >= 0.3 is 0 Å². The van der Waals surface area contributed by atoms with Crippen LogP contribution in [0.1, 0.15) is 20.7 Å². The van der Waals surface area contributed by atoms with Crippen molar-refractivity contribution in [2.24, 2.45) is 0 Å². The molecule has 0 aliphatic carbocycles. The second-order valence-electron chi connectivity index (χ2n) is 8.91. The van der Waals surface area contributed by atoms with Crippen LogP contribution in [0.5, 0.6) is 0 Å². The Morgan fingerprint density at radius 3 is 0.947 bits per heavy atom. The van der Waals surface area contributed by atoms with Gasteiger partial charge in [0, 0.05) is 48.7 Å². The highest BCUT2D eigenvalue weighted by molar-refractivity contribution is 6.49. The molecule has 12 heteroatoms. The summed E-state index contributed by atoms with van der Waals surface area (Å²) in [5.41, 5.74) is 1.20. The normalized spacial score (nSPS) is 14.4. The molecule has 0 fully saturated rings. The number of aliphatic hydroxyl groups excluding tert-OH is 8. The highest BCUT2D eigenvalue weighted by Gasteiger charge is 2.21. The number of carbonyl (C=O) groups excluding carboxylic acids is 2. The van der Waals surface area contributed by atoms with E-state index in [4.69, 9.17) is 20.4 Å². The molecule has 0 bridgehead atoms. The largest absolute Gasteiger partial charge is 0.394 e. The van der Waals surface area contributed by atoms with Crippen LogP contribution in [0.3, 0.4) is 0 Å². The van der Waals surface area contributed by atoms with Gasteiger partial charge in [0.05, 0.1) is 50.8 Å². The van der Waals surface area contributed by atoms with Crippen LogP contribution < -0.4 is 9.80 Å². The molecule has 210 valence electrons. The van der Waals surface area contributed by atoms with E-state index in [2.05, 4.69) is 0 Å². The number of benzene rings is 2. The fourth-order valence-corrected chi connectivity index (χ4v) is 3.73. The average molecular weight is 537 g/mol. The van der Waals surface area contributed by atoms with Crippen LogP contribution in [0, 0.1) is 0 Å². The van der Waals surface area contributed by atoms with E-state index in [1.165, 1.54) is 58.3 Å². The maximum Gasteiger partial charge on any atom is 0.233 e. The van der Waals surface area contributed by atoms with E-state index in [1.807, 2.05) is 0 Å². The smallest absolute Gasteiger partial charge is 0.233 e. The summed E-state index contributed by atoms with van der Waals surface area (Å²) in [7, 11) is 0. The van der Waals surface area contributed by atoms with Gasteiger partial charge in [0.25, 0.3) is 0 Å². The highest BCUT2D eigenvalue weighted by Crippen LogP contribution is 2.20. The summed E-state index contributed by atoms with van der Waals surface area (Å²) in [4.78, 5) is 28.7. The van der Waals surface area contributed by atoms with Crippen molar-refractivity contribution in [1.82, 2.24) is 0 Å². The molecule has 4 unspecified atom stereocenters. The Bertz CT molecular complexity index is 897. The number of ketones is 2. The summed E-state index contributed by atoms with van der Waals surface area (Å²) in [6.07, 6.45) is -4.38. The lowest BCUT2D eigenvalue weighted by Crippen LogP contribution is -2.40. The standard InChI is InChI=1S/C26H36N2O10/c29-13-21(33)9-27(10-22(34)14-30)19-5-1-17(2-6-19)25(37)26(38)18-3-7-20(8-4-18)28(11-23(35)15-31)12-24(36)16-32/h1-8,21-24,29-36H,9-16H2. The molecule has 0 radical (unpaired) electrons. The molecule has 4 atom stereocenters. The third-order valence-corrected chi connectivity index (χ3v) is 5.76. The number of hydrogen-bond donors (Lipinski definition) is 8. The van der Waals surface area contributed by atoms with Crippen LogP contribution in [0.15, 0.2) is 48.5 Å². The van der Waals surface area contributed by atoms with E-state index in [-0.39, 0.29) is 37.3 Å². The lowest BCUT2D eigenvalue weighted by atomic mass is 10.0. The zero-order chi connectivity index (χ0) is 28.2. The summed E-state index contributed by atoms with van der Waals surface area (Å²) in [5, 5.41) is 75.7. The summed E-state index contributed by atoms with van der Waals surface area (Å²) >= 11 is 0. The van der Waals surface area contributed by atoms with Gasteiger partial charge in [0.15, 0.2) is 0 Å². The number of aliphatic hydroxyl groups is 8. The average Bonchev–Trinajstić information content (AvgIpc) is 2.95. The van der Waals surface area contributed by atoms with Crippen LogP contribution in [-0.2, 0) is 0 Å². The number of nitrogens with zero attached hydrogens (tertiary/aromatic N) is 2. The zero-order valence-electron chi connectivity index (χ0n) is 20.9. The van der Waals surface area contributed by atoms with Gasteiger partial charge < -0.3 is 50.7 Å². The van der Waals surface area contributed by atoms with Crippen LogP contribution in [0.4, 0.5) is 11.4 Å². The van der Waals surface area contributed by atoms with Gasteiger partial charge in [-0.25, -0.2) is 0 Å². The third-order valence-electron chi connectivity index (χ3n) is 5.76. The van der Waals surface area contributed by atoms with E-state index in [9.17, 15) is 30.0 Å². The molecule has 2 rings (SSSR count). The van der Waals surface area contributed by atoms with Crippen molar-refractivity contribution in [3.05, 3.63) is 59.7 Å². The minimum Gasteiger partial charge on any atom is -0.394 e. The van der Waals surface area contributed by atoms with Crippen molar-refractivity contribution < 1.29 is 50.4 Å². The molecule has 2 aromatic carbocycles. The quantitative estimate of drug-likeness (QED) is 0.0800. The molecule has 12 nitrogen and oxygen atoms in total. The minimum absolute atomic E-state index is 0.0339. The summed E-state index contributed by atoms with van der Waals surface area (Å²) < 4.78 is 0. The van der Waals surface area contributed by atoms with Gasteiger partial charge in [-0.3, -0.25) is 9.59 Å². The number of anilines is 2. The van der Waals surface area contributed by atoms with Gasteiger partial charge in [-0.2, -0.15) is 0 Å². The first-order valence-corrected chi connectivity index (χ1v) is 12.1. The van der Waals surface area contributed by atoms with E-state index in [0.717, 1.165) is 0 Å². The Hall–Kier alpha value is -2.94. The highest BCUT2D eigenvalue weighted by atomic mass is 16.3. The SMILES string of the molecule is O=C(C(=O)c1ccc(N(CC(O)CO)CC(O)CO)cc1)c1ccc(N(CC(O)CO)CC(O)CO)cc1. The molecule has 8 N–H and O–H groups in total. The molecule has 38 heavy (non-hydrogen) atoms. The molecule has 0 saturated carbocycles. The molecule has 0 aliphatic rings. The lowest BCUT2D eigenvalue weighted by Gasteiger charge is -2.28. The van der Waals surface area contributed by atoms with E-state index in [1.54, 1.807) is 0 Å². The minimum atomic E-state index is -1.10. The first kappa shape index (κ1) is 31.3. The molecule has 0 saturated heterocycles. The van der Waals surface area contributed by atoms with Gasteiger partial charge in [0.2, 0.25) is 11.6 Å². The summed E-state index contributed by atoms with van der Waals surface area (Å²) in [6, 6.07) is 11.8. The summed E-state index contributed by atoms with van der Waals surface area (Å²) in [6.45, 7) is -2.15. The Morgan fingerprint density at radius 2 is 0.737 bits per heavy atom. The second kappa shape index (κ2) is 15.5. The first-order chi connectivity index (χ1) is 18.1. The van der Waals surface area contributed by atoms with Crippen molar-refractivity contribution in [3.8, 4) is 0 Å². The molecule has 2 aromatic rings. The van der Waals surface area contributed by atoms with Crippen LogP contribution in [0.2, 0.25) is 0 Å². The van der Waals surface area contributed by atoms with E-state index >= 15 is 0 Å². The maximum atomic E-state index is 12.8. The first-order valence-electron chi connectivity index (χ1n) is 12.1. The van der Waals surface area contributed by atoms with Gasteiger partial charge in [-0.1, -0.05) is 0 Å². The van der Waals surface area contributed by atoms with Crippen LogP contribution in [0.25, 0.3) is 0 Å². The second-order valence-corrected chi connectivity index (χ2v) is 8.91. The fraction of sp³-hybridized carbons (Fsp3) is 0.462. The molecule has 0 aromatic heterocycles.